The summed E-state index contributed by atoms with van der Waals surface area (Å²) in [6.07, 6.45) is 6.09. The maximum absolute atomic E-state index is 6.61. The third-order valence-electron chi connectivity index (χ3n) is 13.0. The van der Waals surface area contributed by atoms with E-state index in [9.17, 15) is 0 Å². The first-order valence-corrected chi connectivity index (χ1v) is 20.1. The Bertz CT molecular complexity index is 3420. The predicted molar refractivity (Wildman–Crippen MR) is 231 cm³/mol. The van der Waals surface area contributed by atoms with Gasteiger partial charge >= 0.3 is 0 Å². The first kappa shape index (κ1) is 31.2. The van der Waals surface area contributed by atoms with Crippen molar-refractivity contribution in [1.82, 2.24) is 24.1 Å². The first-order chi connectivity index (χ1) is 28.2. The fraction of sp³-hybridized carbons (Fsp3) is 0.118. The Kier molecular flexibility index (Phi) is 6.29. The van der Waals surface area contributed by atoms with Gasteiger partial charge in [0, 0.05) is 37.7 Å². The minimum atomic E-state index is 0.00891. The molecule has 1 saturated carbocycles. The van der Waals surface area contributed by atoms with Crippen molar-refractivity contribution in [2.75, 3.05) is 0 Å². The molecule has 6 heteroatoms. The van der Waals surface area contributed by atoms with E-state index in [1.165, 1.54) is 52.3 Å². The van der Waals surface area contributed by atoms with Crippen molar-refractivity contribution in [3.05, 3.63) is 163 Å². The molecule has 0 unspecified atom stereocenters. The topological polar surface area (TPSA) is 61.7 Å². The van der Waals surface area contributed by atoms with Gasteiger partial charge < -0.3 is 4.42 Å². The molecular weight excluding hydrogens is 699 g/mol. The van der Waals surface area contributed by atoms with Crippen LogP contribution >= 0.6 is 0 Å². The van der Waals surface area contributed by atoms with Crippen molar-refractivity contribution < 1.29 is 4.42 Å². The normalized spacial score (nSPS) is 14.8. The van der Waals surface area contributed by atoms with E-state index in [-0.39, 0.29) is 5.41 Å². The average molecular weight is 734 g/mol. The molecule has 6 nitrogen and oxygen atoms in total. The number of hydrogen-bond acceptors (Lipinski definition) is 4. The fourth-order valence-electron chi connectivity index (χ4n) is 10.6. The molecule has 2 aliphatic carbocycles. The molecule has 13 rings (SSSR count). The van der Waals surface area contributed by atoms with Crippen LogP contribution in [-0.2, 0) is 5.41 Å². The summed E-state index contributed by atoms with van der Waals surface area (Å²) in [4.78, 5) is 16.3. The van der Waals surface area contributed by atoms with Gasteiger partial charge in [0.15, 0.2) is 5.82 Å². The lowest BCUT2D eigenvalue weighted by Gasteiger charge is -2.36. The molecule has 4 aromatic heterocycles. The van der Waals surface area contributed by atoms with E-state index in [0.717, 1.165) is 73.2 Å². The number of para-hydroxylation sites is 5. The second-order valence-corrected chi connectivity index (χ2v) is 15.9. The molecule has 270 valence electrons. The number of furan rings is 1. The summed E-state index contributed by atoms with van der Waals surface area (Å²) in [6.45, 7) is 0. The Morgan fingerprint density at radius 1 is 0.421 bits per heavy atom. The van der Waals surface area contributed by atoms with Crippen LogP contribution < -0.4 is 0 Å². The van der Waals surface area contributed by atoms with E-state index in [1.807, 2.05) is 12.1 Å². The lowest BCUT2D eigenvalue weighted by atomic mass is 9.68. The Morgan fingerprint density at radius 3 is 1.70 bits per heavy atom. The molecule has 0 N–H and O–H groups in total. The van der Waals surface area contributed by atoms with Crippen molar-refractivity contribution in [2.24, 2.45) is 0 Å². The molecule has 2 aliphatic rings. The monoisotopic (exact) mass is 733 g/mol. The van der Waals surface area contributed by atoms with Gasteiger partial charge in [-0.3, -0.25) is 9.13 Å². The molecule has 0 saturated heterocycles. The van der Waals surface area contributed by atoms with E-state index in [4.69, 9.17) is 19.4 Å². The minimum Gasteiger partial charge on any atom is -0.455 e. The van der Waals surface area contributed by atoms with E-state index in [2.05, 4.69) is 149 Å². The standard InChI is InChI=1S/C51H35N5O/c1-12-27-51(28-13-1)40-22-7-2-15-31(40)38-29-39-34-18-5-10-25-44(34)56(45(39)30-41(38)51)50-53-48(37-21-14-20-36-35-19-6-11-26-46(35)57-47(36)37)52-49(54-50)55-42-23-8-3-16-32(42)33-17-4-9-24-43(33)55/h2-11,14-26,29-30H,1,12-13,27-28H2. The van der Waals surface area contributed by atoms with Gasteiger partial charge in [-0.15, -0.1) is 0 Å². The summed E-state index contributed by atoms with van der Waals surface area (Å²) in [5.41, 5.74) is 12.4. The van der Waals surface area contributed by atoms with Crippen molar-refractivity contribution in [1.29, 1.82) is 0 Å². The molecule has 0 bridgehead atoms. The summed E-state index contributed by atoms with van der Waals surface area (Å²) >= 11 is 0. The Morgan fingerprint density at radius 2 is 0.982 bits per heavy atom. The van der Waals surface area contributed by atoms with Gasteiger partial charge in [-0.1, -0.05) is 128 Å². The molecular formula is C51H35N5O. The number of rotatable bonds is 3. The van der Waals surface area contributed by atoms with Crippen LogP contribution in [-0.4, -0.2) is 24.1 Å². The van der Waals surface area contributed by atoms with E-state index in [1.54, 1.807) is 0 Å². The fourth-order valence-corrected chi connectivity index (χ4v) is 10.6. The van der Waals surface area contributed by atoms with Gasteiger partial charge in [-0.2, -0.15) is 15.0 Å². The average Bonchev–Trinajstić information content (AvgIpc) is 3.99. The third kappa shape index (κ3) is 4.22. The maximum Gasteiger partial charge on any atom is 0.240 e. The zero-order valence-electron chi connectivity index (χ0n) is 31.1. The van der Waals surface area contributed by atoms with Crippen molar-refractivity contribution in [3.63, 3.8) is 0 Å². The third-order valence-corrected chi connectivity index (χ3v) is 13.0. The molecule has 57 heavy (non-hydrogen) atoms. The Labute approximate surface area is 327 Å². The van der Waals surface area contributed by atoms with E-state index in [0.29, 0.717) is 17.7 Å². The lowest BCUT2D eigenvalue weighted by molar-refractivity contribution is 0.353. The van der Waals surface area contributed by atoms with Crippen LogP contribution in [0, 0.1) is 0 Å². The summed E-state index contributed by atoms with van der Waals surface area (Å²) < 4.78 is 11.1. The highest BCUT2D eigenvalue weighted by Crippen LogP contribution is 2.57. The lowest BCUT2D eigenvalue weighted by Crippen LogP contribution is -2.28. The molecule has 0 aliphatic heterocycles. The van der Waals surface area contributed by atoms with Crippen molar-refractivity contribution in [3.8, 4) is 34.4 Å². The second-order valence-electron chi connectivity index (χ2n) is 15.9. The summed E-state index contributed by atoms with van der Waals surface area (Å²) in [5, 5.41) is 6.79. The maximum atomic E-state index is 6.61. The number of benzene rings is 7. The van der Waals surface area contributed by atoms with Crippen LogP contribution in [0.2, 0.25) is 0 Å². The molecule has 0 amide bonds. The van der Waals surface area contributed by atoms with Crippen LogP contribution in [0.4, 0.5) is 0 Å². The molecule has 11 aromatic rings. The summed E-state index contributed by atoms with van der Waals surface area (Å²) in [6, 6.07) is 54.3. The minimum absolute atomic E-state index is 0.00891. The largest absolute Gasteiger partial charge is 0.455 e. The zero-order valence-corrected chi connectivity index (χ0v) is 31.1. The van der Waals surface area contributed by atoms with E-state index < -0.39 is 0 Å². The summed E-state index contributed by atoms with van der Waals surface area (Å²) in [5.74, 6) is 1.69. The molecule has 0 atom stereocenters. The zero-order chi connectivity index (χ0) is 37.2. The number of aromatic nitrogens is 5. The van der Waals surface area contributed by atoms with Crippen LogP contribution in [0.15, 0.2) is 156 Å². The second kappa shape index (κ2) is 11.5. The molecule has 1 spiro atoms. The van der Waals surface area contributed by atoms with Gasteiger partial charge in [-0.25, -0.2) is 0 Å². The quantitative estimate of drug-likeness (QED) is 0.181. The smallest absolute Gasteiger partial charge is 0.240 e. The van der Waals surface area contributed by atoms with Crippen LogP contribution in [0.3, 0.4) is 0 Å². The highest BCUT2D eigenvalue weighted by molar-refractivity contribution is 6.12. The van der Waals surface area contributed by atoms with Gasteiger partial charge in [0.05, 0.1) is 27.6 Å². The van der Waals surface area contributed by atoms with Gasteiger partial charge in [-0.05, 0) is 77.6 Å². The molecule has 0 radical (unpaired) electrons. The van der Waals surface area contributed by atoms with Crippen LogP contribution in [0.5, 0.6) is 0 Å². The predicted octanol–water partition coefficient (Wildman–Crippen LogP) is 12.9. The number of nitrogens with zero attached hydrogens (tertiary/aromatic N) is 5. The summed E-state index contributed by atoms with van der Waals surface area (Å²) in [7, 11) is 0. The molecule has 1 fully saturated rings. The first-order valence-electron chi connectivity index (χ1n) is 20.1. The molecule has 7 aromatic carbocycles. The Balaban J connectivity index is 1.15. The number of fused-ring (bicyclic) bond motifs is 14. The van der Waals surface area contributed by atoms with Crippen LogP contribution in [0.25, 0.3) is 100.0 Å². The van der Waals surface area contributed by atoms with Crippen molar-refractivity contribution >= 4 is 65.6 Å². The Hall–Kier alpha value is -7.05. The van der Waals surface area contributed by atoms with Crippen molar-refractivity contribution in [2.45, 2.75) is 37.5 Å². The van der Waals surface area contributed by atoms with Gasteiger partial charge in [0.2, 0.25) is 11.9 Å². The highest BCUT2D eigenvalue weighted by Gasteiger charge is 2.44. The van der Waals surface area contributed by atoms with Gasteiger partial charge in [0.25, 0.3) is 0 Å². The van der Waals surface area contributed by atoms with E-state index >= 15 is 0 Å². The van der Waals surface area contributed by atoms with Gasteiger partial charge in [0.1, 0.15) is 11.2 Å². The SMILES string of the molecule is c1ccc2c(c1)-c1cc3c4ccccc4n(-c4nc(-c5cccc6c5oc5ccccc56)nc(-n5c6ccccc6c6ccccc65)n4)c3cc1C21CCCCC1. The highest BCUT2D eigenvalue weighted by atomic mass is 16.3. The van der Waals surface area contributed by atoms with Crippen LogP contribution in [0.1, 0.15) is 43.2 Å². The molecule has 4 heterocycles. The number of hydrogen-bond donors (Lipinski definition) is 0.